The minimum absolute atomic E-state index is 0.299. The summed E-state index contributed by atoms with van der Waals surface area (Å²) in [5.41, 5.74) is 6.08. The number of amides is 1. The van der Waals surface area contributed by atoms with Gasteiger partial charge in [-0.2, -0.15) is 0 Å². The van der Waals surface area contributed by atoms with Gasteiger partial charge in [0.15, 0.2) is 0 Å². The average Bonchev–Trinajstić information content (AvgIpc) is 2.73. The van der Waals surface area contributed by atoms with E-state index in [4.69, 9.17) is 10.5 Å². The van der Waals surface area contributed by atoms with E-state index in [9.17, 15) is 4.79 Å². The molecule has 0 unspecified atom stereocenters. The van der Waals surface area contributed by atoms with E-state index in [0.717, 1.165) is 14.6 Å². The van der Waals surface area contributed by atoms with E-state index in [1.165, 1.54) is 6.33 Å². The Morgan fingerprint density at radius 1 is 1.57 bits per heavy atom. The number of hydrogen-bond donors (Lipinski definition) is 2. The summed E-state index contributed by atoms with van der Waals surface area (Å²) in [6.45, 7) is 9.69. The van der Waals surface area contributed by atoms with Crippen LogP contribution in [-0.4, -0.2) is 32.3 Å². The molecule has 1 amide bonds. The third-order valence-electron chi connectivity index (χ3n) is 3.02. The molecule has 0 saturated heterocycles. The second-order valence-corrected chi connectivity index (χ2v) is 7.24. The molecule has 0 aromatic carbocycles. The fraction of sp³-hybridized carbons (Fsp3) is 0.400. The zero-order valence-corrected chi connectivity index (χ0v) is 15.5. The van der Waals surface area contributed by atoms with Gasteiger partial charge in [0.05, 0.1) is 11.4 Å². The lowest BCUT2D eigenvalue weighted by Crippen LogP contribution is -2.40. The average molecular weight is 429 g/mol. The number of nitrogen functional groups attached to an aromatic ring is 1. The molecule has 7 nitrogen and oxygen atoms in total. The van der Waals surface area contributed by atoms with Crippen molar-refractivity contribution in [3.63, 3.8) is 0 Å². The van der Waals surface area contributed by atoms with E-state index in [2.05, 4.69) is 44.5 Å². The number of hydrogen-bond acceptors (Lipinski definition) is 5. The van der Waals surface area contributed by atoms with Gasteiger partial charge in [0.25, 0.3) is 0 Å². The maximum Gasteiger partial charge on any atom is 0.408 e. The van der Waals surface area contributed by atoms with Gasteiger partial charge in [-0.1, -0.05) is 6.08 Å². The van der Waals surface area contributed by atoms with E-state index in [0.29, 0.717) is 12.4 Å². The Morgan fingerprint density at radius 2 is 2.26 bits per heavy atom. The van der Waals surface area contributed by atoms with Crippen LogP contribution in [0.5, 0.6) is 0 Å². The van der Waals surface area contributed by atoms with Crippen LogP contribution in [0.3, 0.4) is 0 Å². The second kappa shape index (κ2) is 6.73. The number of anilines is 1. The quantitative estimate of drug-likeness (QED) is 0.576. The van der Waals surface area contributed by atoms with Crippen molar-refractivity contribution < 1.29 is 9.53 Å². The highest BCUT2D eigenvalue weighted by Gasteiger charge is 2.19. The number of carbonyl (C=O) groups excluding carboxylic acids is 1. The Labute approximate surface area is 148 Å². The van der Waals surface area contributed by atoms with Crippen LogP contribution in [0.25, 0.3) is 11.0 Å². The van der Waals surface area contributed by atoms with Gasteiger partial charge in [0, 0.05) is 16.3 Å². The Morgan fingerprint density at radius 3 is 2.87 bits per heavy atom. The van der Waals surface area contributed by atoms with E-state index in [1.807, 2.05) is 31.5 Å². The molecule has 2 heterocycles. The first-order chi connectivity index (χ1) is 10.7. The standard InChI is InChI=1S/C15H20IN5O2/c1-5-9(20-14(22)23-15(2,3)4)6-21-7-10(16)11-12(17)18-8-19-13(11)21/h5,7-9H,1,6H2,2-4H3,(H,20,22)(H2,17,18,19)/t9-/m0/s1. The number of alkyl carbamates (subject to hydrolysis) is 1. The van der Waals surface area contributed by atoms with Crippen LogP contribution in [0.15, 0.2) is 25.2 Å². The Balaban J connectivity index is 2.18. The van der Waals surface area contributed by atoms with Gasteiger partial charge in [0.2, 0.25) is 0 Å². The molecule has 8 heteroatoms. The summed E-state index contributed by atoms with van der Waals surface area (Å²) in [6.07, 6.45) is 4.52. The molecule has 3 N–H and O–H groups in total. The number of nitrogens with zero attached hydrogens (tertiary/aromatic N) is 3. The Bertz CT molecular complexity index is 735. The minimum atomic E-state index is -0.549. The minimum Gasteiger partial charge on any atom is -0.444 e. The molecule has 124 valence electrons. The molecule has 0 aliphatic heterocycles. The summed E-state index contributed by atoms with van der Waals surface area (Å²) in [5.74, 6) is 0.438. The van der Waals surface area contributed by atoms with Gasteiger partial charge >= 0.3 is 6.09 Å². The fourth-order valence-corrected chi connectivity index (χ4v) is 2.94. The van der Waals surface area contributed by atoms with Crippen LogP contribution < -0.4 is 11.1 Å². The molecule has 2 aromatic rings. The van der Waals surface area contributed by atoms with Crippen LogP contribution in [0, 0.1) is 3.57 Å². The molecule has 0 aliphatic carbocycles. The van der Waals surface area contributed by atoms with E-state index in [-0.39, 0.29) is 6.04 Å². The number of ether oxygens (including phenoxy) is 1. The summed E-state index contributed by atoms with van der Waals surface area (Å²) >= 11 is 2.19. The number of aromatic nitrogens is 3. The zero-order chi connectivity index (χ0) is 17.2. The van der Waals surface area contributed by atoms with E-state index < -0.39 is 11.7 Å². The van der Waals surface area contributed by atoms with Crippen LogP contribution >= 0.6 is 22.6 Å². The SMILES string of the molecule is C=C[C@@H](Cn1cc(I)c2c(N)ncnc21)NC(=O)OC(C)(C)C. The summed E-state index contributed by atoms with van der Waals surface area (Å²) < 4.78 is 8.14. The molecule has 0 fully saturated rings. The van der Waals surface area contributed by atoms with Gasteiger partial charge in [-0.05, 0) is 43.4 Å². The molecule has 0 radical (unpaired) electrons. The van der Waals surface area contributed by atoms with Crippen molar-refractivity contribution in [3.05, 3.63) is 28.7 Å². The molecule has 23 heavy (non-hydrogen) atoms. The van der Waals surface area contributed by atoms with Crippen LogP contribution in [0.4, 0.5) is 10.6 Å². The van der Waals surface area contributed by atoms with Crippen LogP contribution in [0.2, 0.25) is 0 Å². The number of nitrogens with two attached hydrogens (primary N) is 1. The molecule has 0 aliphatic rings. The molecule has 0 saturated carbocycles. The van der Waals surface area contributed by atoms with Gasteiger partial charge in [-0.25, -0.2) is 14.8 Å². The first kappa shape index (κ1) is 17.5. The third-order valence-corrected chi connectivity index (χ3v) is 3.83. The molecule has 2 aromatic heterocycles. The Hall–Kier alpha value is -1.84. The van der Waals surface area contributed by atoms with Crippen molar-refractivity contribution in [2.45, 2.75) is 39.0 Å². The summed E-state index contributed by atoms with van der Waals surface area (Å²) in [5, 5.41) is 3.60. The molecule has 2 rings (SSSR count). The van der Waals surface area contributed by atoms with Crippen molar-refractivity contribution in [1.82, 2.24) is 19.9 Å². The van der Waals surface area contributed by atoms with Gasteiger partial charge in [-0.15, -0.1) is 6.58 Å². The largest absolute Gasteiger partial charge is 0.444 e. The van der Waals surface area contributed by atoms with E-state index >= 15 is 0 Å². The second-order valence-electron chi connectivity index (χ2n) is 6.08. The van der Waals surface area contributed by atoms with Crippen molar-refractivity contribution in [1.29, 1.82) is 0 Å². The number of nitrogens with one attached hydrogen (secondary N) is 1. The number of halogens is 1. The lowest BCUT2D eigenvalue weighted by molar-refractivity contribution is 0.0511. The maximum absolute atomic E-state index is 11.9. The van der Waals surface area contributed by atoms with Crippen molar-refractivity contribution in [2.75, 3.05) is 5.73 Å². The first-order valence-electron chi connectivity index (χ1n) is 7.08. The predicted octanol–water partition coefficient (Wildman–Crippen LogP) is 2.70. The zero-order valence-electron chi connectivity index (χ0n) is 13.3. The van der Waals surface area contributed by atoms with Gasteiger partial charge < -0.3 is 20.4 Å². The molecule has 1 atom stereocenters. The fourth-order valence-electron chi connectivity index (χ4n) is 2.09. The smallest absolute Gasteiger partial charge is 0.408 e. The molecule has 0 bridgehead atoms. The molecule has 0 spiro atoms. The number of carbonyl (C=O) groups is 1. The van der Waals surface area contributed by atoms with E-state index in [1.54, 1.807) is 6.08 Å². The lowest BCUT2D eigenvalue weighted by Gasteiger charge is -2.22. The molecular weight excluding hydrogens is 409 g/mol. The predicted molar refractivity (Wildman–Crippen MR) is 98.0 cm³/mol. The third kappa shape index (κ3) is 4.34. The normalized spacial score (nSPS) is 12.9. The molecular formula is C15H20IN5O2. The van der Waals surface area contributed by atoms with Gasteiger partial charge in [0.1, 0.15) is 23.4 Å². The van der Waals surface area contributed by atoms with Crippen LogP contribution in [0.1, 0.15) is 20.8 Å². The van der Waals surface area contributed by atoms with Gasteiger partial charge in [-0.3, -0.25) is 0 Å². The van der Waals surface area contributed by atoms with Crippen molar-refractivity contribution in [3.8, 4) is 0 Å². The monoisotopic (exact) mass is 429 g/mol. The summed E-state index contributed by atoms with van der Waals surface area (Å²) in [6, 6.07) is -0.299. The van der Waals surface area contributed by atoms with Crippen molar-refractivity contribution in [2.24, 2.45) is 0 Å². The topological polar surface area (TPSA) is 95.1 Å². The van der Waals surface area contributed by atoms with Crippen molar-refractivity contribution >= 4 is 45.5 Å². The highest BCUT2D eigenvalue weighted by molar-refractivity contribution is 14.1. The lowest BCUT2D eigenvalue weighted by atomic mass is 10.2. The number of rotatable bonds is 4. The summed E-state index contributed by atoms with van der Waals surface area (Å²) in [7, 11) is 0. The Kier molecular flexibility index (Phi) is 5.12. The number of fused-ring (bicyclic) bond motifs is 1. The van der Waals surface area contributed by atoms with Crippen LogP contribution in [-0.2, 0) is 11.3 Å². The highest BCUT2D eigenvalue weighted by Crippen LogP contribution is 2.25. The highest BCUT2D eigenvalue weighted by atomic mass is 127. The summed E-state index contributed by atoms with van der Waals surface area (Å²) in [4.78, 5) is 20.2. The maximum atomic E-state index is 11.9. The first-order valence-corrected chi connectivity index (χ1v) is 8.16.